The van der Waals surface area contributed by atoms with E-state index in [9.17, 15) is 5.26 Å². The van der Waals surface area contributed by atoms with Crippen LogP contribution in [0.2, 0.25) is 5.02 Å². The number of nitriles is 1. The summed E-state index contributed by atoms with van der Waals surface area (Å²) in [6.07, 6.45) is 1.74. The van der Waals surface area contributed by atoms with Crippen LogP contribution in [0.15, 0.2) is 34.9 Å². The van der Waals surface area contributed by atoms with Gasteiger partial charge in [0.2, 0.25) is 5.89 Å². The van der Waals surface area contributed by atoms with Gasteiger partial charge in [0, 0.05) is 15.8 Å². The molecular formula is C18H17ClN4O. The summed E-state index contributed by atoms with van der Waals surface area (Å²) in [6, 6.07) is 9.18. The van der Waals surface area contributed by atoms with Gasteiger partial charge in [-0.15, -0.1) is 0 Å². The number of hydrogen-bond donors (Lipinski definition) is 1. The molecule has 0 spiro atoms. The van der Waals surface area contributed by atoms with Gasteiger partial charge in [-0.2, -0.15) is 5.26 Å². The maximum absolute atomic E-state index is 9.35. The lowest BCUT2D eigenvalue weighted by Gasteiger charge is -2.13. The van der Waals surface area contributed by atoms with Crippen molar-refractivity contribution in [3.05, 3.63) is 52.7 Å². The van der Waals surface area contributed by atoms with Crippen molar-refractivity contribution in [3.63, 3.8) is 0 Å². The third kappa shape index (κ3) is 3.34. The molecule has 2 heterocycles. The van der Waals surface area contributed by atoms with Crippen molar-refractivity contribution in [1.82, 2.24) is 9.97 Å². The molecule has 6 heteroatoms. The molecule has 0 saturated carbocycles. The first-order valence-corrected chi connectivity index (χ1v) is 7.94. The van der Waals surface area contributed by atoms with Gasteiger partial charge < -0.3 is 9.73 Å². The van der Waals surface area contributed by atoms with Crippen molar-refractivity contribution < 1.29 is 4.42 Å². The van der Waals surface area contributed by atoms with Crippen molar-refractivity contribution in [3.8, 4) is 6.07 Å². The van der Waals surface area contributed by atoms with E-state index in [4.69, 9.17) is 16.0 Å². The van der Waals surface area contributed by atoms with E-state index >= 15 is 0 Å². The van der Waals surface area contributed by atoms with E-state index in [-0.39, 0.29) is 5.41 Å². The smallest absolute Gasteiger partial charge is 0.213 e. The summed E-state index contributed by atoms with van der Waals surface area (Å²) >= 11 is 5.99. The molecule has 0 unspecified atom stereocenters. The zero-order valence-electron chi connectivity index (χ0n) is 13.7. The number of aromatic nitrogens is 2. The highest BCUT2D eigenvalue weighted by molar-refractivity contribution is 6.31. The molecular weight excluding hydrogens is 324 g/mol. The van der Waals surface area contributed by atoms with Crippen molar-refractivity contribution in [1.29, 1.82) is 5.26 Å². The number of fused-ring (bicyclic) bond motifs is 1. The average Bonchev–Trinajstić information content (AvgIpc) is 3.01. The second-order valence-electron chi connectivity index (χ2n) is 6.55. The van der Waals surface area contributed by atoms with Crippen LogP contribution in [0, 0.1) is 11.3 Å². The molecule has 1 N–H and O–H groups in total. The molecule has 0 atom stereocenters. The number of hydrogen-bond acceptors (Lipinski definition) is 5. The highest BCUT2D eigenvalue weighted by Gasteiger charge is 2.19. The zero-order valence-corrected chi connectivity index (χ0v) is 14.5. The van der Waals surface area contributed by atoms with Crippen LogP contribution >= 0.6 is 11.6 Å². The first-order valence-electron chi connectivity index (χ1n) is 7.56. The molecule has 0 radical (unpaired) electrons. The van der Waals surface area contributed by atoms with Crippen LogP contribution in [0.4, 0.5) is 5.82 Å². The lowest BCUT2D eigenvalue weighted by atomic mass is 9.94. The molecule has 0 aliphatic carbocycles. The lowest BCUT2D eigenvalue weighted by Crippen LogP contribution is -2.09. The fourth-order valence-corrected chi connectivity index (χ4v) is 2.46. The molecule has 3 rings (SSSR count). The number of oxazole rings is 1. The van der Waals surface area contributed by atoms with Gasteiger partial charge in [0.25, 0.3) is 0 Å². The number of nitrogens with one attached hydrogen (secondary N) is 1. The summed E-state index contributed by atoms with van der Waals surface area (Å²) < 4.78 is 5.75. The minimum Gasteiger partial charge on any atom is -0.443 e. The Morgan fingerprint density at radius 3 is 2.75 bits per heavy atom. The Labute approximate surface area is 145 Å². The highest BCUT2D eigenvalue weighted by atomic mass is 35.5. The van der Waals surface area contributed by atoms with Crippen molar-refractivity contribution >= 4 is 28.3 Å². The summed E-state index contributed by atoms with van der Waals surface area (Å²) in [5, 5.41) is 13.8. The van der Waals surface area contributed by atoms with Crippen LogP contribution in [0.3, 0.4) is 0 Å². The summed E-state index contributed by atoms with van der Waals surface area (Å²) in [5.74, 6) is 2.01. The van der Waals surface area contributed by atoms with Gasteiger partial charge in [-0.25, -0.2) is 9.97 Å². The van der Waals surface area contributed by atoms with Crippen LogP contribution in [-0.4, -0.2) is 9.97 Å². The topological polar surface area (TPSA) is 74.7 Å². The van der Waals surface area contributed by atoms with Crippen LogP contribution in [-0.2, 0) is 12.0 Å². The van der Waals surface area contributed by atoms with E-state index in [1.807, 2.05) is 0 Å². The monoisotopic (exact) mass is 340 g/mol. The van der Waals surface area contributed by atoms with Crippen LogP contribution < -0.4 is 5.32 Å². The van der Waals surface area contributed by atoms with Crippen LogP contribution in [0.5, 0.6) is 0 Å². The highest BCUT2D eigenvalue weighted by Crippen LogP contribution is 2.25. The molecule has 0 fully saturated rings. The van der Waals surface area contributed by atoms with Gasteiger partial charge in [0.1, 0.15) is 11.6 Å². The Kier molecular flexibility index (Phi) is 4.16. The third-order valence-electron chi connectivity index (χ3n) is 3.60. The first-order chi connectivity index (χ1) is 11.4. The normalized spacial score (nSPS) is 11.5. The van der Waals surface area contributed by atoms with Gasteiger partial charge >= 0.3 is 0 Å². The number of pyridine rings is 1. The molecule has 0 aliphatic heterocycles. The molecule has 0 aliphatic rings. The second kappa shape index (κ2) is 6.14. The zero-order chi connectivity index (χ0) is 17.3. The number of halogens is 1. The SMILES string of the molecule is CC(C)(C)c1cnc(CNc2cc(C#N)c3cc(Cl)ccc3n2)o1. The van der Waals surface area contributed by atoms with Gasteiger partial charge in [-0.3, -0.25) is 0 Å². The molecule has 2 aromatic heterocycles. The maximum atomic E-state index is 9.35. The van der Waals surface area contributed by atoms with Crippen molar-refractivity contribution in [2.75, 3.05) is 5.32 Å². The summed E-state index contributed by atoms with van der Waals surface area (Å²) in [4.78, 5) is 8.78. The Bertz CT molecular complexity index is 934. The van der Waals surface area contributed by atoms with E-state index in [0.29, 0.717) is 34.4 Å². The fourth-order valence-electron chi connectivity index (χ4n) is 2.29. The number of benzene rings is 1. The van der Waals surface area contributed by atoms with Crippen LogP contribution in [0.25, 0.3) is 10.9 Å². The fraction of sp³-hybridized carbons (Fsp3) is 0.278. The van der Waals surface area contributed by atoms with E-state index in [1.54, 1.807) is 30.5 Å². The predicted octanol–water partition coefficient (Wildman–Crippen LogP) is 4.66. The standard InChI is InChI=1S/C18H17ClN4O/c1-18(2,3)15-9-22-17(24-15)10-21-16-6-11(8-20)13-7-12(19)4-5-14(13)23-16/h4-7,9H,10H2,1-3H3,(H,21,23). The number of anilines is 1. The number of nitrogens with zero attached hydrogens (tertiary/aromatic N) is 3. The quantitative estimate of drug-likeness (QED) is 0.750. The molecule has 0 amide bonds. The minimum atomic E-state index is -0.0836. The Morgan fingerprint density at radius 1 is 1.29 bits per heavy atom. The molecule has 0 bridgehead atoms. The average molecular weight is 341 g/mol. The molecule has 122 valence electrons. The molecule has 5 nitrogen and oxygen atoms in total. The predicted molar refractivity (Wildman–Crippen MR) is 94.0 cm³/mol. The maximum Gasteiger partial charge on any atom is 0.213 e. The minimum absolute atomic E-state index is 0.0836. The van der Waals surface area contributed by atoms with Gasteiger partial charge in [0.05, 0.1) is 29.9 Å². The summed E-state index contributed by atoms with van der Waals surface area (Å²) in [6.45, 7) is 6.60. The molecule has 3 aromatic rings. The molecule has 0 saturated heterocycles. The third-order valence-corrected chi connectivity index (χ3v) is 3.84. The molecule has 24 heavy (non-hydrogen) atoms. The Balaban J connectivity index is 1.84. The Morgan fingerprint density at radius 2 is 2.08 bits per heavy atom. The van der Waals surface area contributed by atoms with E-state index in [2.05, 4.69) is 42.1 Å². The van der Waals surface area contributed by atoms with Crippen molar-refractivity contribution in [2.45, 2.75) is 32.7 Å². The van der Waals surface area contributed by atoms with Gasteiger partial charge in [-0.1, -0.05) is 32.4 Å². The second-order valence-corrected chi connectivity index (χ2v) is 6.99. The lowest BCUT2D eigenvalue weighted by molar-refractivity contribution is 0.385. The van der Waals surface area contributed by atoms with Crippen molar-refractivity contribution in [2.24, 2.45) is 0 Å². The molecule has 1 aromatic carbocycles. The number of rotatable bonds is 3. The van der Waals surface area contributed by atoms with E-state index in [0.717, 1.165) is 11.1 Å². The summed E-state index contributed by atoms with van der Waals surface area (Å²) in [5.41, 5.74) is 1.15. The Hall–Kier alpha value is -2.58. The van der Waals surface area contributed by atoms with Crippen LogP contribution in [0.1, 0.15) is 38.0 Å². The van der Waals surface area contributed by atoms with Gasteiger partial charge in [-0.05, 0) is 24.3 Å². The first kappa shape index (κ1) is 16.3. The summed E-state index contributed by atoms with van der Waals surface area (Å²) in [7, 11) is 0. The van der Waals surface area contributed by atoms with E-state index < -0.39 is 0 Å². The van der Waals surface area contributed by atoms with E-state index in [1.165, 1.54) is 0 Å². The van der Waals surface area contributed by atoms with Gasteiger partial charge in [0.15, 0.2) is 0 Å². The largest absolute Gasteiger partial charge is 0.443 e.